The molecular formula is C3H5NOS2. The van der Waals surface area contributed by atoms with Gasteiger partial charge in [0.25, 0.3) is 0 Å². The Balaban J connectivity index is 3.68. The summed E-state index contributed by atoms with van der Waals surface area (Å²) in [5.74, 6) is -0.528. The van der Waals surface area contributed by atoms with Gasteiger partial charge in [-0.25, -0.2) is 0 Å². The van der Waals surface area contributed by atoms with Crippen LogP contribution in [-0.2, 0) is 4.79 Å². The molecule has 1 amide bonds. The number of carbonyl (C=O) groups is 1. The van der Waals surface area contributed by atoms with Crippen LogP contribution < -0.4 is 5.73 Å². The highest BCUT2D eigenvalue weighted by atomic mass is 32.2. The van der Waals surface area contributed by atoms with Crippen molar-refractivity contribution in [2.24, 2.45) is 5.73 Å². The average Bonchev–Trinajstić information content (AvgIpc) is 1.27. The SMILES string of the molecule is NC(=O)C=C(S)S. The quantitative estimate of drug-likeness (QED) is 0.348. The molecule has 2 N–H and O–H groups in total. The Hall–Kier alpha value is -0.0900. The second-order valence-corrected chi connectivity index (χ2v) is 2.22. The molecule has 0 atom stereocenters. The first-order valence-corrected chi connectivity index (χ1v) is 2.41. The zero-order valence-electron chi connectivity index (χ0n) is 3.46. The first-order valence-electron chi connectivity index (χ1n) is 1.52. The first kappa shape index (κ1) is 6.91. The minimum Gasteiger partial charge on any atom is -0.366 e. The van der Waals surface area contributed by atoms with Gasteiger partial charge in [-0.15, -0.1) is 25.3 Å². The van der Waals surface area contributed by atoms with E-state index in [4.69, 9.17) is 0 Å². The molecule has 0 aliphatic carbocycles. The molecule has 0 heterocycles. The molecule has 0 radical (unpaired) electrons. The first-order chi connectivity index (χ1) is 3.13. The number of rotatable bonds is 1. The Kier molecular flexibility index (Phi) is 2.95. The van der Waals surface area contributed by atoms with Crippen LogP contribution in [0, 0.1) is 0 Å². The van der Waals surface area contributed by atoms with E-state index in [0.29, 0.717) is 4.24 Å². The fraction of sp³-hybridized carbons (Fsp3) is 0. The number of hydrogen-bond donors (Lipinski definition) is 3. The minimum atomic E-state index is -0.528. The van der Waals surface area contributed by atoms with Crippen LogP contribution in [0.5, 0.6) is 0 Å². The van der Waals surface area contributed by atoms with E-state index in [-0.39, 0.29) is 0 Å². The third-order valence-corrected chi connectivity index (χ3v) is 0.530. The lowest BCUT2D eigenvalue weighted by Crippen LogP contribution is -2.05. The van der Waals surface area contributed by atoms with Gasteiger partial charge in [-0.3, -0.25) is 4.79 Å². The lowest BCUT2D eigenvalue weighted by atomic mass is 10.6. The van der Waals surface area contributed by atoms with Crippen molar-refractivity contribution >= 4 is 31.2 Å². The van der Waals surface area contributed by atoms with Crippen molar-refractivity contribution in [3.8, 4) is 0 Å². The molecule has 0 aromatic heterocycles. The molecule has 0 aliphatic rings. The fourth-order valence-corrected chi connectivity index (χ4v) is 0.382. The maximum Gasteiger partial charge on any atom is 0.243 e. The van der Waals surface area contributed by atoms with Gasteiger partial charge in [-0.05, 0) is 0 Å². The number of carbonyl (C=O) groups excluding carboxylic acids is 1. The Morgan fingerprint density at radius 2 is 2.00 bits per heavy atom. The second kappa shape index (κ2) is 2.98. The number of primary amides is 1. The molecule has 0 saturated heterocycles. The summed E-state index contributed by atoms with van der Waals surface area (Å²) in [7, 11) is 0. The van der Waals surface area contributed by atoms with Crippen LogP contribution in [0.3, 0.4) is 0 Å². The van der Waals surface area contributed by atoms with Gasteiger partial charge in [0, 0.05) is 10.3 Å². The van der Waals surface area contributed by atoms with E-state index in [9.17, 15) is 4.79 Å². The molecule has 0 rings (SSSR count). The van der Waals surface area contributed by atoms with E-state index in [0.717, 1.165) is 6.08 Å². The number of amides is 1. The molecule has 0 unspecified atom stereocenters. The monoisotopic (exact) mass is 135 g/mol. The van der Waals surface area contributed by atoms with Crippen molar-refractivity contribution in [1.82, 2.24) is 0 Å². The van der Waals surface area contributed by atoms with Gasteiger partial charge in [-0.2, -0.15) is 0 Å². The molecule has 0 spiro atoms. The van der Waals surface area contributed by atoms with Crippen molar-refractivity contribution in [2.45, 2.75) is 0 Å². The molecule has 0 aromatic rings. The predicted molar refractivity (Wildman–Crippen MR) is 35.2 cm³/mol. The van der Waals surface area contributed by atoms with Gasteiger partial charge in [0.05, 0.1) is 0 Å². The summed E-state index contributed by atoms with van der Waals surface area (Å²) >= 11 is 7.32. The summed E-state index contributed by atoms with van der Waals surface area (Å²) in [4.78, 5) is 9.86. The van der Waals surface area contributed by atoms with Crippen molar-refractivity contribution in [3.05, 3.63) is 10.3 Å². The van der Waals surface area contributed by atoms with Crippen LogP contribution in [-0.4, -0.2) is 5.91 Å². The summed E-state index contributed by atoms with van der Waals surface area (Å²) in [6.07, 6.45) is 1.12. The van der Waals surface area contributed by atoms with Gasteiger partial charge in [0.2, 0.25) is 5.91 Å². The number of nitrogens with two attached hydrogens (primary N) is 1. The van der Waals surface area contributed by atoms with E-state index in [1.165, 1.54) is 0 Å². The maximum absolute atomic E-state index is 9.86. The highest BCUT2D eigenvalue weighted by Crippen LogP contribution is 2.01. The van der Waals surface area contributed by atoms with Crippen LogP contribution in [0.15, 0.2) is 10.3 Å². The number of thiol groups is 2. The van der Waals surface area contributed by atoms with Gasteiger partial charge in [0.1, 0.15) is 0 Å². The standard InChI is InChI=1S/C3H5NOS2/c4-2(5)1-3(6)7/h1,6-7H,(H2,4,5). The van der Waals surface area contributed by atoms with Crippen molar-refractivity contribution < 1.29 is 4.79 Å². The van der Waals surface area contributed by atoms with E-state index in [2.05, 4.69) is 31.0 Å². The third-order valence-electron chi connectivity index (χ3n) is 0.271. The predicted octanol–water partition coefficient (Wildman–Crippen LogP) is 0.173. The van der Waals surface area contributed by atoms with E-state index < -0.39 is 5.91 Å². The van der Waals surface area contributed by atoms with Crippen molar-refractivity contribution in [1.29, 1.82) is 0 Å². The molecule has 0 aliphatic heterocycles. The highest BCUT2D eigenvalue weighted by molar-refractivity contribution is 8.05. The number of hydrogen-bond acceptors (Lipinski definition) is 3. The second-order valence-electron chi connectivity index (χ2n) is 0.905. The summed E-state index contributed by atoms with van der Waals surface area (Å²) in [6.45, 7) is 0. The molecular weight excluding hydrogens is 130 g/mol. The Morgan fingerprint density at radius 3 is 2.00 bits per heavy atom. The van der Waals surface area contributed by atoms with Crippen LogP contribution in [0.2, 0.25) is 0 Å². The van der Waals surface area contributed by atoms with Gasteiger partial charge >= 0.3 is 0 Å². The van der Waals surface area contributed by atoms with Gasteiger partial charge in [-0.1, -0.05) is 0 Å². The van der Waals surface area contributed by atoms with E-state index in [1.807, 2.05) is 0 Å². The van der Waals surface area contributed by atoms with E-state index >= 15 is 0 Å². The minimum absolute atomic E-state index is 0.326. The molecule has 2 nitrogen and oxygen atoms in total. The summed E-state index contributed by atoms with van der Waals surface area (Å²) in [6, 6.07) is 0. The third kappa shape index (κ3) is 5.91. The molecule has 4 heteroatoms. The van der Waals surface area contributed by atoms with Crippen LogP contribution in [0.1, 0.15) is 0 Å². The molecule has 0 bridgehead atoms. The molecule has 0 saturated carbocycles. The van der Waals surface area contributed by atoms with E-state index in [1.54, 1.807) is 0 Å². The Bertz CT molecular complexity index is 106. The summed E-state index contributed by atoms with van der Waals surface area (Å²) in [5, 5.41) is 0. The Labute approximate surface area is 52.6 Å². The average molecular weight is 135 g/mol. The molecule has 0 fully saturated rings. The summed E-state index contributed by atoms with van der Waals surface area (Å²) in [5.41, 5.74) is 4.68. The zero-order chi connectivity index (χ0) is 5.86. The lowest BCUT2D eigenvalue weighted by Gasteiger charge is -1.79. The van der Waals surface area contributed by atoms with Crippen molar-refractivity contribution in [2.75, 3.05) is 0 Å². The van der Waals surface area contributed by atoms with Crippen LogP contribution in [0.25, 0.3) is 0 Å². The maximum atomic E-state index is 9.86. The fourth-order valence-electron chi connectivity index (χ4n) is 0.127. The van der Waals surface area contributed by atoms with Crippen LogP contribution in [0.4, 0.5) is 0 Å². The smallest absolute Gasteiger partial charge is 0.243 e. The van der Waals surface area contributed by atoms with Crippen molar-refractivity contribution in [3.63, 3.8) is 0 Å². The topological polar surface area (TPSA) is 43.1 Å². The van der Waals surface area contributed by atoms with Gasteiger partial charge < -0.3 is 5.73 Å². The zero-order valence-corrected chi connectivity index (χ0v) is 5.25. The molecule has 0 aromatic carbocycles. The largest absolute Gasteiger partial charge is 0.366 e. The Morgan fingerprint density at radius 1 is 1.57 bits per heavy atom. The highest BCUT2D eigenvalue weighted by Gasteiger charge is 1.82. The molecule has 7 heavy (non-hydrogen) atoms. The molecule has 40 valence electrons. The van der Waals surface area contributed by atoms with Gasteiger partial charge in [0.15, 0.2) is 0 Å². The summed E-state index contributed by atoms with van der Waals surface area (Å²) < 4.78 is 0.326. The lowest BCUT2D eigenvalue weighted by molar-refractivity contribution is -0.113. The van der Waals surface area contributed by atoms with Crippen LogP contribution >= 0.6 is 25.3 Å². The normalized spacial score (nSPS) is 7.71.